The minimum Gasteiger partial charge on any atom is -0.493 e. The zero-order chi connectivity index (χ0) is 16.8. The van der Waals surface area contributed by atoms with Crippen molar-refractivity contribution in [1.82, 2.24) is 15.1 Å². The van der Waals surface area contributed by atoms with Crippen molar-refractivity contribution in [3.8, 4) is 5.75 Å². The van der Waals surface area contributed by atoms with Crippen molar-refractivity contribution in [2.75, 3.05) is 6.61 Å². The van der Waals surface area contributed by atoms with E-state index in [0.29, 0.717) is 5.92 Å². The predicted octanol–water partition coefficient (Wildman–Crippen LogP) is 4.10. The summed E-state index contributed by atoms with van der Waals surface area (Å²) in [4.78, 5) is 0. The first-order chi connectivity index (χ1) is 11.0. The van der Waals surface area contributed by atoms with Crippen LogP contribution in [-0.2, 0) is 13.1 Å². The molecule has 0 spiro atoms. The Bertz CT molecular complexity index is 619. The number of aryl methyl sites for hydroxylation is 2. The average molecular weight is 315 g/mol. The largest absolute Gasteiger partial charge is 0.493 e. The molecule has 0 saturated heterocycles. The van der Waals surface area contributed by atoms with Gasteiger partial charge in [0.1, 0.15) is 5.75 Å². The van der Waals surface area contributed by atoms with Gasteiger partial charge in [-0.25, -0.2) is 0 Å². The molecule has 4 heteroatoms. The lowest BCUT2D eigenvalue weighted by Gasteiger charge is -2.14. The molecule has 0 aliphatic rings. The first-order valence-corrected chi connectivity index (χ1v) is 8.48. The summed E-state index contributed by atoms with van der Waals surface area (Å²) in [6.07, 6.45) is 2.13. The third-order valence-corrected chi connectivity index (χ3v) is 3.87. The SMILES string of the molecule is CCn1cc(C(C)NCc2cccc(OCC(C)C)c2)c(C)n1. The third kappa shape index (κ3) is 5.10. The van der Waals surface area contributed by atoms with Gasteiger partial charge in [0.15, 0.2) is 0 Å². The van der Waals surface area contributed by atoms with Crippen LogP contribution in [0.5, 0.6) is 5.75 Å². The number of hydrogen-bond donors (Lipinski definition) is 1. The molecule has 0 saturated carbocycles. The number of nitrogens with zero attached hydrogens (tertiary/aromatic N) is 2. The monoisotopic (exact) mass is 315 g/mol. The Morgan fingerprint density at radius 2 is 2.04 bits per heavy atom. The molecule has 23 heavy (non-hydrogen) atoms. The minimum absolute atomic E-state index is 0.274. The first-order valence-electron chi connectivity index (χ1n) is 8.48. The molecule has 0 aliphatic heterocycles. The van der Waals surface area contributed by atoms with Gasteiger partial charge < -0.3 is 10.1 Å². The highest BCUT2D eigenvalue weighted by molar-refractivity contribution is 5.29. The van der Waals surface area contributed by atoms with Gasteiger partial charge in [0.25, 0.3) is 0 Å². The van der Waals surface area contributed by atoms with Gasteiger partial charge in [0.2, 0.25) is 0 Å². The van der Waals surface area contributed by atoms with Gasteiger partial charge in [-0.1, -0.05) is 26.0 Å². The van der Waals surface area contributed by atoms with Crippen LogP contribution in [-0.4, -0.2) is 16.4 Å². The highest BCUT2D eigenvalue weighted by atomic mass is 16.5. The van der Waals surface area contributed by atoms with E-state index in [2.05, 4.69) is 69.4 Å². The second-order valence-corrected chi connectivity index (χ2v) is 6.48. The van der Waals surface area contributed by atoms with E-state index in [-0.39, 0.29) is 6.04 Å². The second kappa shape index (κ2) is 8.16. The van der Waals surface area contributed by atoms with Crippen LogP contribution in [0.15, 0.2) is 30.5 Å². The van der Waals surface area contributed by atoms with Crippen LogP contribution >= 0.6 is 0 Å². The van der Waals surface area contributed by atoms with Crippen molar-refractivity contribution in [3.05, 3.63) is 47.3 Å². The molecule has 0 fully saturated rings. The van der Waals surface area contributed by atoms with E-state index in [9.17, 15) is 0 Å². The summed E-state index contributed by atoms with van der Waals surface area (Å²) in [5.74, 6) is 1.48. The maximum atomic E-state index is 5.80. The molecular weight excluding hydrogens is 286 g/mol. The maximum absolute atomic E-state index is 5.80. The Kier molecular flexibility index (Phi) is 6.22. The van der Waals surface area contributed by atoms with Crippen molar-refractivity contribution in [2.45, 2.75) is 53.8 Å². The Balaban J connectivity index is 1.94. The van der Waals surface area contributed by atoms with E-state index < -0.39 is 0 Å². The molecule has 2 aromatic rings. The standard InChI is InChI=1S/C19H29N3O/c1-6-22-12-19(16(5)21-22)15(4)20-11-17-8-7-9-18(10-17)23-13-14(2)3/h7-10,12,14-15,20H,6,11,13H2,1-5H3. The van der Waals surface area contributed by atoms with Gasteiger partial charge in [0.05, 0.1) is 12.3 Å². The van der Waals surface area contributed by atoms with Crippen molar-refractivity contribution >= 4 is 0 Å². The van der Waals surface area contributed by atoms with Crippen LogP contribution in [0, 0.1) is 12.8 Å². The Labute approximate surface area is 139 Å². The van der Waals surface area contributed by atoms with Crippen LogP contribution in [0.2, 0.25) is 0 Å². The number of benzene rings is 1. The summed E-state index contributed by atoms with van der Waals surface area (Å²) in [5, 5.41) is 8.09. The van der Waals surface area contributed by atoms with Gasteiger partial charge in [-0.15, -0.1) is 0 Å². The molecular formula is C19H29N3O. The molecule has 0 aliphatic carbocycles. The summed E-state index contributed by atoms with van der Waals surface area (Å²) in [7, 11) is 0. The fraction of sp³-hybridized carbons (Fsp3) is 0.526. The molecule has 0 amide bonds. The molecule has 4 nitrogen and oxygen atoms in total. The number of rotatable bonds is 8. The van der Waals surface area contributed by atoms with E-state index in [1.807, 2.05) is 10.7 Å². The van der Waals surface area contributed by atoms with Crippen LogP contribution in [0.4, 0.5) is 0 Å². The Morgan fingerprint density at radius 1 is 1.26 bits per heavy atom. The van der Waals surface area contributed by atoms with E-state index in [1.165, 1.54) is 11.1 Å². The van der Waals surface area contributed by atoms with E-state index >= 15 is 0 Å². The molecule has 1 atom stereocenters. The third-order valence-electron chi connectivity index (χ3n) is 3.87. The smallest absolute Gasteiger partial charge is 0.119 e. The van der Waals surface area contributed by atoms with E-state index in [1.54, 1.807) is 0 Å². The summed E-state index contributed by atoms with van der Waals surface area (Å²) in [6, 6.07) is 8.59. The molecule has 1 aromatic heterocycles. The van der Waals surface area contributed by atoms with Crippen molar-refractivity contribution in [1.29, 1.82) is 0 Å². The molecule has 1 N–H and O–H groups in total. The fourth-order valence-electron chi connectivity index (χ4n) is 2.51. The van der Waals surface area contributed by atoms with Gasteiger partial charge in [-0.05, 0) is 44.4 Å². The zero-order valence-electron chi connectivity index (χ0n) is 15.0. The number of aromatic nitrogens is 2. The molecule has 0 radical (unpaired) electrons. The van der Waals surface area contributed by atoms with Crippen LogP contribution in [0.25, 0.3) is 0 Å². The lowest BCUT2D eigenvalue weighted by molar-refractivity contribution is 0.271. The second-order valence-electron chi connectivity index (χ2n) is 6.48. The van der Waals surface area contributed by atoms with Crippen molar-refractivity contribution in [2.24, 2.45) is 5.92 Å². The topological polar surface area (TPSA) is 39.1 Å². The molecule has 126 valence electrons. The molecule has 2 rings (SSSR count). The van der Waals surface area contributed by atoms with Gasteiger partial charge in [-0.2, -0.15) is 5.10 Å². The molecule has 1 aromatic carbocycles. The molecule has 0 bridgehead atoms. The lowest BCUT2D eigenvalue weighted by atomic mass is 10.1. The quantitative estimate of drug-likeness (QED) is 0.797. The van der Waals surface area contributed by atoms with E-state index in [4.69, 9.17) is 4.74 Å². The summed E-state index contributed by atoms with van der Waals surface area (Å²) in [5.41, 5.74) is 3.60. The number of nitrogens with one attached hydrogen (secondary N) is 1. The predicted molar refractivity (Wildman–Crippen MR) is 94.7 cm³/mol. The molecule has 1 unspecified atom stereocenters. The zero-order valence-corrected chi connectivity index (χ0v) is 15.0. The summed E-state index contributed by atoms with van der Waals surface area (Å²) in [6.45, 7) is 13.2. The van der Waals surface area contributed by atoms with E-state index in [0.717, 1.165) is 31.1 Å². The highest BCUT2D eigenvalue weighted by Crippen LogP contribution is 2.18. The van der Waals surface area contributed by atoms with Crippen LogP contribution in [0.1, 0.15) is 50.6 Å². The highest BCUT2D eigenvalue weighted by Gasteiger charge is 2.11. The van der Waals surface area contributed by atoms with Gasteiger partial charge >= 0.3 is 0 Å². The molecule has 1 heterocycles. The Morgan fingerprint density at radius 3 is 2.70 bits per heavy atom. The van der Waals surface area contributed by atoms with Crippen molar-refractivity contribution < 1.29 is 4.74 Å². The lowest BCUT2D eigenvalue weighted by Crippen LogP contribution is -2.18. The summed E-state index contributed by atoms with van der Waals surface area (Å²) < 4.78 is 7.78. The normalized spacial score (nSPS) is 12.6. The van der Waals surface area contributed by atoms with Gasteiger partial charge in [-0.3, -0.25) is 4.68 Å². The first kappa shape index (κ1) is 17.5. The summed E-state index contributed by atoms with van der Waals surface area (Å²) >= 11 is 0. The number of hydrogen-bond acceptors (Lipinski definition) is 3. The van der Waals surface area contributed by atoms with Crippen LogP contribution in [0.3, 0.4) is 0 Å². The fourth-order valence-corrected chi connectivity index (χ4v) is 2.51. The van der Waals surface area contributed by atoms with Gasteiger partial charge in [0, 0.05) is 30.9 Å². The Hall–Kier alpha value is -1.81. The maximum Gasteiger partial charge on any atom is 0.119 e. The van der Waals surface area contributed by atoms with Crippen molar-refractivity contribution in [3.63, 3.8) is 0 Å². The average Bonchev–Trinajstić information content (AvgIpc) is 2.92. The van der Waals surface area contributed by atoms with Crippen LogP contribution < -0.4 is 10.1 Å². The minimum atomic E-state index is 0.274. The number of ether oxygens (including phenoxy) is 1.